The lowest BCUT2D eigenvalue weighted by molar-refractivity contribution is 0.0386. The van der Waals surface area contributed by atoms with Crippen LogP contribution in [0.15, 0.2) is 42.7 Å². The molecule has 0 spiro atoms. The van der Waals surface area contributed by atoms with Crippen LogP contribution in [0, 0.1) is 0 Å². The summed E-state index contributed by atoms with van der Waals surface area (Å²) in [4.78, 5) is 37.1. The van der Waals surface area contributed by atoms with Crippen LogP contribution in [0.2, 0.25) is 25.7 Å². The molecule has 0 radical (unpaired) electrons. The first-order valence-corrected chi connectivity index (χ1v) is 18.6. The number of ether oxygens (including phenoxy) is 4. The molecule has 0 unspecified atom stereocenters. The van der Waals surface area contributed by atoms with E-state index in [4.69, 9.17) is 23.9 Å². The average molecular weight is 612 g/mol. The van der Waals surface area contributed by atoms with Gasteiger partial charge >= 0.3 is 6.09 Å². The molecule has 3 atom stereocenters. The number of fused-ring (bicyclic) bond motifs is 1. The molecular formula is C31H45N5O6Si. The summed E-state index contributed by atoms with van der Waals surface area (Å²) in [7, 11) is 0.363. The second-order valence-corrected chi connectivity index (χ2v) is 18.0. The first kappa shape index (κ1) is 32.4. The Labute approximate surface area is 254 Å². The predicted molar refractivity (Wildman–Crippen MR) is 167 cm³/mol. The number of hydrogen-bond donors (Lipinski definition) is 1. The molecule has 3 heterocycles. The van der Waals surface area contributed by atoms with Gasteiger partial charge in [0, 0.05) is 59.5 Å². The van der Waals surface area contributed by atoms with Gasteiger partial charge in [0.15, 0.2) is 5.65 Å². The van der Waals surface area contributed by atoms with E-state index in [1.165, 1.54) is 0 Å². The minimum atomic E-state index is -1.23. The van der Waals surface area contributed by atoms with Gasteiger partial charge in [-0.1, -0.05) is 50.0 Å². The zero-order chi connectivity index (χ0) is 31.0. The predicted octanol–water partition coefficient (Wildman–Crippen LogP) is 5.08. The van der Waals surface area contributed by atoms with E-state index in [0.717, 1.165) is 11.6 Å². The van der Waals surface area contributed by atoms with Crippen LogP contribution in [0.1, 0.15) is 42.6 Å². The zero-order valence-corrected chi connectivity index (χ0v) is 27.2. The maximum Gasteiger partial charge on any atom is 0.410 e. The molecule has 4 rings (SSSR count). The summed E-state index contributed by atoms with van der Waals surface area (Å²) < 4.78 is 24.7. The highest BCUT2D eigenvalue weighted by atomic mass is 28.3. The lowest BCUT2D eigenvalue weighted by Crippen LogP contribution is -2.47. The van der Waals surface area contributed by atoms with Crippen LogP contribution in [0.4, 0.5) is 4.79 Å². The molecule has 12 heteroatoms. The number of aromatic nitrogens is 3. The summed E-state index contributed by atoms with van der Waals surface area (Å²) in [5.74, 6) is 0.0685. The quantitative estimate of drug-likeness (QED) is 0.210. The molecule has 1 fully saturated rings. The Hall–Kier alpha value is -3.48. The van der Waals surface area contributed by atoms with Gasteiger partial charge in [0.25, 0.3) is 5.91 Å². The van der Waals surface area contributed by atoms with Crippen molar-refractivity contribution in [3.05, 3.63) is 53.9 Å². The van der Waals surface area contributed by atoms with Crippen molar-refractivity contribution in [2.45, 2.75) is 83.9 Å². The Balaban J connectivity index is 1.43. The van der Waals surface area contributed by atoms with Crippen LogP contribution in [0.3, 0.4) is 0 Å². The van der Waals surface area contributed by atoms with Crippen LogP contribution in [-0.4, -0.2) is 84.6 Å². The highest BCUT2D eigenvalue weighted by Gasteiger charge is 2.31. The number of nitrogens with zero attached hydrogens (tertiary/aromatic N) is 4. The van der Waals surface area contributed by atoms with E-state index in [0.29, 0.717) is 55.2 Å². The molecule has 234 valence electrons. The Kier molecular flexibility index (Phi) is 11.2. The van der Waals surface area contributed by atoms with E-state index < -0.39 is 8.07 Å². The van der Waals surface area contributed by atoms with Gasteiger partial charge in [-0.05, 0) is 25.5 Å². The molecule has 11 nitrogen and oxygen atoms in total. The van der Waals surface area contributed by atoms with Gasteiger partial charge in [-0.2, -0.15) is 0 Å². The number of benzene rings is 1. The molecule has 43 heavy (non-hydrogen) atoms. The van der Waals surface area contributed by atoms with Crippen molar-refractivity contribution >= 4 is 31.2 Å². The molecule has 3 aromatic rings. The molecule has 2 amide bonds. The van der Waals surface area contributed by atoms with Crippen molar-refractivity contribution in [2.24, 2.45) is 0 Å². The number of hydrogen-bond acceptors (Lipinski definition) is 8. The highest BCUT2D eigenvalue weighted by Crippen LogP contribution is 2.26. The summed E-state index contributed by atoms with van der Waals surface area (Å²) >= 11 is 0. The summed E-state index contributed by atoms with van der Waals surface area (Å²) in [6.07, 6.45) is 4.07. The zero-order valence-electron chi connectivity index (χ0n) is 26.2. The Morgan fingerprint density at radius 3 is 2.65 bits per heavy atom. The van der Waals surface area contributed by atoms with Crippen molar-refractivity contribution in [1.29, 1.82) is 0 Å². The molecule has 1 aliphatic rings. The van der Waals surface area contributed by atoms with Gasteiger partial charge in [0.05, 0.1) is 18.4 Å². The standard InChI is InChI=1S/C31H45N5O6Si/c1-22(19-39-3)33-30(37)26-18-35(21-40-14-15-43(4,5)6)29-28(26)34-27(17-32-29)42-25-12-13-36(23(2)16-25)31(38)41-20-24-10-8-7-9-11-24/h7-11,17-18,22-23,25H,12-16,19-21H2,1-6H3,(H,33,37)/t22-,23-,25+/m0/s1. The molecule has 1 saturated heterocycles. The highest BCUT2D eigenvalue weighted by molar-refractivity contribution is 6.76. The van der Waals surface area contributed by atoms with Crippen LogP contribution in [0.5, 0.6) is 5.88 Å². The molecule has 1 aromatic carbocycles. The molecule has 0 aliphatic carbocycles. The summed E-state index contributed by atoms with van der Waals surface area (Å²) in [6.45, 7) is 12.8. The van der Waals surface area contributed by atoms with Crippen molar-refractivity contribution in [3.8, 4) is 5.88 Å². The van der Waals surface area contributed by atoms with Crippen molar-refractivity contribution in [2.75, 3.05) is 26.9 Å². The van der Waals surface area contributed by atoms with E-state index in [1.54, 1.807) is 24.4 Å². The van der Waals surface area contributed by atoms with Crippen LogP contribution >= 0.6 is 0 Å². The number of likely N-dealkylation sites (tertiary alicyclic amines) is 1. The van der Waals surface area contributed by atoms with Gasteiger partial charge < -0.3 is 33.7 Å². The lowest BCUT2D eigenvalue weighted by Gasteiger charge is -2.36. The van der Waals surface area contributed by atoms with Gasteiger partial charge in [0.1, 0.15) is 25.0 Å². The Morgan fingerprint density at radius 2 is 1.95 bits per heavy atom. The number of nitrogens with one attached hydrogen (secondary N) is 1. The number of methoxy groups -OCH3 is 1. The average Bonchev–Trinajstić information content (AvgIpc) is 3.32. The first-order valence-electron chi connectivity index (χ1n) is 14.9. The van der Waals surface area contributed by atoms with E-state index in [9.17, 15) is 9.59 Å². The monoisotopic (exact) mass is 611 g/mol. The van der Waals surface area contributed by atoms with Gasteiger partial charge in [0.2, 0.25) is 5.88 Å². The van der Waals surface area contributed by atoms with Gasteiger partial charge in [-0.3, -0.25) is 4.79 Å². The second-order valence-electron chi connectivity index (χ2n) is 12.4. The lowest BCUT2D eigenvalue weighted by atomic mass is 10.0. The maximum atomic E-state index is 13.2. The van der Waals surface area contributed by atoms with Crippen molar-refractivity contribution < 1.29 is 28.5 Å². The topological polar surface area (TPSA) is 117 Å². The molecule has 1 N–H and O–H groups in total. The largest absolute Gasteiger partial charge is 0.473 e. The fourth-order valence-corrected chi connectivity index (χ4v) is 5.73. The van der Waals surface area contributed by atoms with Gasteiger partial charge in [-0.25, -0.2) is 14.8 Å². The van der Waals surface area contributed by atoms with E-state index in [2.05, 4.69) is 29.9 Å². The number of carbonyl (C=O) groups is 2. The number of amides is 2. The van der Waals surface area contributed by atoms with E-state index in [-0.39, 0.29) is 43.5 Å². The fourth-order valence-electron chi connectivity index (χ4n) is 4.97. The Bertz CT molecular complexity index is 1360. The van der Waals surface area contributed by atoms with Crippen LogP contribution in [0.25, 0.3) is 11.2 Å². The van der Waals surface area contributed by atoms with Crippen LogP contribution < -0.4 is 10.1 Å². The number of carbonyl (C=O) groups excluding carboxylic acids is 2. The molecule has 0 saturated carbocycles. The summed E-state index contributed by atoms with van der Waals surface area (Å²) in [6, 6.07) is 10.4. The minimum absolute atomic E-state index is 0.0725. The summed E-state index contributed by atoms with van der Waals surface area (Å²) in [5.41, 5.74) is 2.34. The molecule has 1 aliphatic heterocycles. The summed E-state index contributed by atoms with van der Waals surface area (Å²) in [5, 5.41) is 2.96. The first-order chi connectivity index (χ1) is 20.5. The second kappa shape index (κ2) is 14.8. The number of piperidine rings is 1. The minimum Gasteiger partial charge on any atom is -0.473 e. The van der Waals surface area contributed by atoms with E-state index in [1.807, 2.05) is 48.7 Å². The molecule has 0 bridgehead atoms. The van der Waals surface area contributed by atoms with E-state index >= 15 is 0 Å². The maximum absolute atomic E-state index is 13.2. The molecular weight excluding hydrogens is 566 g/mol. The third-order valence-corrected chi connectivity index (χ3v) is 9.07. The third-order valence-electron chi connectivity index (χ3n) is 7.36. The fraction of sp³-hybridized carbons (Fsp3) is 0.548. The number of rotatable bonds is 13. The smallest absolute Gasteiger partial charge is 0.410 e. The normalized spacial score (nSPS) is 18.0. The van der Waals surface area contributed by atoms with Crippen LogP contribution in [-0.2, 0) is 27.5 Å². The SMILES string of the molecule is COC[C@H](C)NC(=O)c1cn(COCC[Si](C)(C)C)c2ncc(O[C@@H]3CCN(C(=O)OCc4ccccc4)[C@@H](C)C3)nc12. The van der Waals surface area contributed by atoms with Crippen molar-refractivity contribution in [1.82, 2.24) is 24.8 Å². The van der Waals surface area contributed by atoms with Crippen molar-refractivity contribution in [3.63, 3.8) is 0 Å². The third kappa shape index (κ3) is 9.25. The molecule has 2 aromatic heterocycles. The van der Waals surface area contributed by atoms with Gasteiger partial charge in [-0.15, -0.1) is 0 Å². The Morgan fingerprint density at radius 1 is 1.19 bits per heavy atom.